The van der Waals surface area contributed by atoms with Gasteiger partial charge in [-0.25, -0.2) is 4.79 Å². The van der Waals surface area contributed by atoms with Crippen molar-refractivity contribution in [2.24, 2.45) is 5.92 Å². The van der Waals surface area contributed by atoms with Crippen LogP contribution in [-0.2, 0) is 16.0 Å². The van der Waals surface area contributed by atoms with Crippen LogP contribution in [0.2, 0.25) is 0 Å². The Balaban J connectivity index is 1.85. The number of aryl methyl sites for hydroxylation is 2. The number of rotatable bonds is 3. The largest absolute Gasteiger partial charge is 0.550 e. The predicted molar refractivity (Wildman–Crippen MR) is 91.6 cm³/mol. The van der Waals surface area contributed by atoms with E-state index in [2.05, 4.69) is 0 Å². The number of aromatic hydroxyl groups is 1. The summed E-state index contributed by atoms with van der Waals surface area (Å²) in [5.74, 6) is -1.80. The lowest BCUT2D eigenvalue weighted by molar-refractivity contribution is -0.312. The van der Waals surface area contributed by atoms with E-state index in [0.717, 1.165) is 0 Å². The SMILES string of the molecule is Cc1c(CC(=O)N2CCC(C(=O)[O-])CC2)c(=O)oc2c(C)c(O)ccc12. The molecule has 0 spiro atoms. The number of phenols is 1. The number of carbonyl (C=O) groups is 2. The van der Waals surface area contributed by atoms with Crippen molar-refractivity contribution in [2.75, 3.05) is 13.1 Å². The number of benzene rings is 1. The molecule has 1 N–H and O–H groups in total. The molecule has 1 aromatic heterocycles. The summed E-state index contributed by atoms with van der Waals surface area (Å²) in [7, 11) is 0. The number of carbonyl (C=O) groups excluding carboxylic acids is 2. The first-order valence-electron chi connectivity index (χ1n) is 8.53. The molecule has 26 heavy (non-hydrogen) atoms. The molecule has 7 heteroatoms. The first-order chi connectivity index (χ1) is 12.3. The molecule has 138 valence electrons. The molecule has 0 radical (unpaired) electrons. The first kappa shape index (κ1) is 18.0. The third-order valence-corrected chi connectivity index (χ3v) is 5.18. The number of fused-ring (bicyclic) bond motifs is 1. The number of likely N-dealkylation sites (tertiary alicyclic amines) is 1. The fourth-order valence-corrected chi connectivity index (χ4v) is 3.41. The minimum absolute atomic E-state index is 0.0414. The number of hydrogen-bond acceptors (Lipinski definition) is 6. The Bertz CT molecular complexity index is 937. The van der Waals surface area contributed by atoms with Gasteiger partial charge in [0.2, 0.25) is 5.91 Å². The summed E-state index contributed by atoms with van der Waals surface area (Å²) in [4.78, 5) is 37.4. The second kappa shape index (κ2) is 6.82. The number of aliphatic carboxylic acids is 1. The van der Waals surface area contributed by atoms with Gasteiger partial charge in [-0.15, -0.1) is 0 Å². The van der Waals surface area contributed by atoms with Gasteiger partial charge in [0.05, 0.1) is 12.0 Å². The highest BCUT2D eigenvalue weighted by atomic mass is 16.4. The second-order valence-corrected chi connectivity index (χ2v) is 6.73. The fraction of sp³-hybridized carbons (Fsp3) is 0.421. The lowest BCUT2D eigenvalue weighted by atomic mass is 9.96. The summed E-state index contributed by atoms with van der Waals surface area (Å²) in [5.41, 5.74) is 1.14. The van der Waals surface area contributed by atoms with Gasteiger partial charge in [-0.2, -0.15) is 0 Å². The topological polar surface area (TPSA) is 111 Å². The van der Waals surface area contributed by atoms with Crippen molar-refractivity contribution in [2.45, 2.75) is 33.1 Å². The minimum Gasteiger partial charge on any atom is -0.550 e. The van der Waals surface area contributed by atoms with Crippen LogP contribution < -0.4 is 10.7 Å². The van der Waals surface area contributed by atoms with Gasteiger partial charge in [0, 0.05) is 35.9 Å². The van der Waals surface area contributed by atoms with Crippen molar-refractivity contribution in [3.05, 3.63) is 39.2 Å². The molecule has 1 saturated heterocycles. The van der Waals surface area contributed by atoms with Crippen molar-refractivity contribution >= 4 is 22.8 Å². The Labute approximate surface area is 149 Å². The monoisotopic (exact) mass is 358 g/mol. The van der Waals surface area contributed by atoms with E-state index in [1.165, 1.54) is 6.07 Å². The van der Waals surface area contributed by atoms with Crippen LogP contribution >= 0.6 is 0 Å². The molecule has 7 nitrogen and oxygen atoms in total. The van der Waals surface area contributed by atoms with Gasteiger partial charge >= 0.3 is 5.63 Å². The number of nitrogens with zero attached hydrogens (tertiary/aromatic N) is 1. The summed E-state index contributed by atoms with van der Waals surface area (Å²) < 4.78 is 5.35. The zero-order valence-electron chi connectivity index (χ0n) is 14.7. The molecule has 1 fully saturated rings. The van der Waals surface area contributed by atoms with Crippen LogP contribution in [0.5, 0.6) is 5.75 Å². The van der Waals surface area contributed by atoms with E-state index in [1.807, 2.05) is 0 Å². The van der Waals surface area contributed by atoms with Crippen LogP contribution in [0.4, 0.5) is 0 Å². The lowest BCUT2D eigenvalue weighted by Gasteiger charge is -2.32. The first-order valence-corrected chi connectivity index (χ1v) is 8.53. The number of piperidine rings is 1. The average Bonchev–Trinajstić information content (AvgIpc) is 2.62. The van der Waals surface area contributed by atoms with Gasteiger partial charge in [0.15, 0.2) is 0 Å². The minimum atomic E-state index is -1.08. The van der Waals surface area contributed by atoms with Crippen LogP contribution in [0, 0.1) is 19.8 Å². The Morgan fingerprint density at radius 3 is 2.50 bits per heavy atom. The molecule has 2 heterocycles. The van der Waals surface area contributed by atoms with E-state index in [9.17, 15) is 24.6 Å². The van der Waals surface area contributed by atoms with Gasteiger partial charge in [-0.1, -0.05) is 0 Å². The van der Waals surface area contributed by atoms with Crippen LogP contribution in [0.25, 0.3) is 11.0 Å². The lowest BCUT2D eigenvalue weighted by Crippen LogP contribution is -2.44. The Hall–Kier alpha value is -2.83. The van der Waals surface area contributed by atoms with Gasteiger partial charge < -0.3 is 24.3 Å². The number of carboxylic acids is 1. The molecule has 1 aromatic carbocycles. The molecule has 0 unspecified atom stereocenters. The summed E-state index contributed by atoms with van der Waals surface area (Å²) >= 11 is 0. The summed E-state index contributed by atoms with van der Waals surface area (Å²) in [6, 6.07) is 3.19. The van der Waals surface area contributed by atoms with Crippen molar-refractivity contribution in [3.63, 3.8) is 0 Å². The number of carboxylic acid groups (broad SMARTS) is 1. The second-order valence-electron chi connectivity index (χ2n) is 6.73. The van der Waals surface area contributed by atoms with Crippen molar-refractivity contribution < 1.29 is 24.2 Å². The molecular formula is C19H20NO6-. The maximum atomic E-state index is 12.5. The van der Waals surface area contributed by atoms with E-state index >= 15 is 0 Å². The molecule has 1 aliphatic rings. The Morgan fingerprint density at radius 2 is 1.88 bits per heavy atom. The van der Waals surface area contributed by atoms with Gasteiger partial charge in [0.1, 0.15) is 11.3 Å². The van der Waals surface area contributed by atoms with Crippen LogP contribution in [0.15, 0.2) is 21.3 Å². The maximum absolute atomic E-state index is 12.5. The zero-order valence-corrected chi connectivity index (χ0v) is 14.7. The Kier molecular flexibility index (Phi) is 4.71. The van der Waals surface area contributed by atoms with E-state index < -0.39 is 17.5 Å². The summed E-state index contributed by atoms with van der Waals surface area (Å²) in [6.45, 7) is 4.08. The highest BCUT2D eigenvalue weighted by molar-refractivity contribution is 5.87. The number of phenolic OH excluding ortho intramolecular Hbond substituents is 1. The van der Waals surface area contributed by atoms with E-state index in [-0.39, 0.29) is 23.6 Å². The molecule has 0 aliphatic carbocycles. The fourth-order valence-electron chi connectivity index (χ4n) is 3.41. The maximum Gasteiger partial charge on any atom is 0.340 e. The highest BCUT2D eigenvalue weighted by Crippen LogP contribution is 2.28. The summed E-state index contributed by atoms with van der Waals surface area (Å²) in [6.07, 6.45) is 0.621. The van der Waals surface area contributed by atoms with E-state index in [0.29, 0.717) is 48.0 Å². The molecule has 0 saturated carbocycles. The van der Waals surface area contributed by atoms with Crippen molar-refractivity contribution in [1.82, 2.24) is 4.90 Å². The molecule has 1 amide bonds. The average molecular weight is 358 g/mol. The zero-order chi connectivity index (χ0) is 19.0. The van der Waals surface area contributed by atoms with Crippen molar-refractivity contribution in [1.29, 1.82) is 0 Å². The highest BCUT2D eigenvalue weighted by Gasteiger charge is 2.25. The quantitative estimate of drug-likeness (QED) is 0.807. The molecule has 1 aliphatic heterocycles. The van der Waals surface area contributed by atoms with Gasteiger partial charge in [-0.3, -0.25) is 4.79 Å². The number of amides is 1. The Morgan fingerprint density at radius 1 is 1.23 bits per heavy atom. The van der Waals surface area contributed by atoms with E-state index in [1.54, 1.807) is 24.8 Å². The normalized spacial score (nSPS) is 15.4. The van der Waals surface area contributed by atoms with Gasteiger partial charge in [0.25, 0.3) is 0 Å². The summed E-state index contributed by atoms with van der Waals surface area (Å²) in [5, 5.41) is 21.4. The molecule has 0 bridgehead atoms. The molecular weight excluding hydrogens is 338 g/mol. The van der Waals surface area contributed by atoms with Crippen molar-refractivity contribution in [3.8, 4) is 5.75 Å². The van der Waals surface area contributed by atoms with E-state index in [4.69, 9.17) is 4.42 Å². The molecule has 2 aromatic rings. The number of hydrogen-bond donors (Lipinski definition) is 1. The molecule has 0 atom stereocenters. The van der Waals surface area contributed by atoms with Gasteiger partial charge in [-0.05, 0) is 44.4 Å². The van der Waals surface area contributed by atoms with Crippen LogP contribution in [-0.4, -0.2) is 35.0 Å². The third kappa shape index (κ3) is 3.16. The smallest absolute Gasteiger partial charge is 0.340 e. The standard InChI is InChI=1S/C19H21NO6/c1-10-13-3-4-15(21)11(2)17(13)26-19(25)14(10)9-16(22)20-7-5-12(6-8-20)18(23)24/h3-4,12,21H,5-9H2,1-2H3,(H,23,24)/p-1. The third-order valence-electron chi connectivity index (χ3n) is 5.18. The van der Waals surface area contributed by atoms with Crippen LogP contribution in [0.3, 0.4) is 0 Å². The predicted octanol–water partition coefficient (Wildman–Crippen LogP) is 0.646. The molecule has 3 rings (SSSR count). The van der Waals surface area contributed by atoms with Crippen LogP contribution in [0.1, 0.15) is 29.5 Å².